The molecule has 254 valence electrons. The second-order valence-corrected chi connectivity index (χ2v) is 12.4. The molecule has 0 aliphatic rings. The van der Waals surface area contributed by atoms with E-state index in [4.69, 9.17) is 25.8 Å². The highest BCUT2D eigenvalue weighted by Crippen LogP contribution is 2.31. The molecule has 14 heteroatoms. The van der Waals surface area contributed by atoms with Crippen LogP contribution in [0.15, 0.2) is 71.5 Å². The lowest BCUT2D eigenvalue weighted by atomic mass is 10.0. The number of nitrogens with one attached hydrogen (secondary N) is 3. The number of carbonyl (C=O) groups excluding carboxylic acids is 1. The molecule has 0 spiro atoms. The molecular weight excluding hydrogens is 651 g/mol. The largest absolute Gasteiger partial charge is 0.491 e. The van der Waals surface area contributed by atoms with Crippen LogP contribution in [-0.2, 0) is 28.5 Å². The van der Waals surface area contributed by atoms with Crippen LogP contribution < -0.4 is 15.6 Å². The van der Waals surface area contributed by atoms with Gasteiger partial charge in [-0.2, -0.15) is 17.9 Å². The fourth-order valence-electron chi connectivity index (χ4n) is 4.87. The zero-order valence-electron chi connectivity index (χ0n) is 26.5. The molecule has 3 N–H and O–H groups in total. The first-order chi connectivity index (χ1) is 22.8. The third-order valence-corrected chi connectivity index (χ3v) is 7.36. The van der Waals surface area contributed by atoms with Crippen LogP contribution >= 0.6 is 11.6 Å². The summed E-state index contributed by atoms with van der Waals surface area (Å²) in [5.74, 6) is 0.857. The normalized spacial score (nSPS) is 12.0. The SMILES string of the molecule is CC(C)(C)OC(=O)NCCOCCOc1ccc(CCc2c(-c3ccc(C(F)(F)F)cc3)[nH]n(-c3nc4ccc(Cl)cc4[nH]3)c2=O)cc1. The Labute approximate surface area is 279 Å². The smallest absolute Gasteiger partial charge is 0.416 e. The van der Waals surface area contributed by atoms with Crippen molar-refractivity contribution in [3.63, 3.8) is 0 Å². The Morgan fingerprint density at radius 1 is 0.958 bits per heavy atom. The number of aryl methyl sites for hydroxylation is 1. The summed E-state index contributed by atoms with van der Waals surface area (Å²) in [5, 5.41) is 6.17. The highest BCUT2D eigenvalue weighted by atomic mass is 35.5. The molecule has 10 nitrogen and oxygen atoms in total. The molecule has 0 fully saturated rings. The molecule has 0 bridgehead atoms. The van der Waals surface area contributed by atoms with E-state index >= 15 is 0 Å². The van der Waals surface area contributed by atoms with Gasteiger partial charge in [0, 0.05) is 17.1 Å². The molecule has 0 unspecified atom stereocenters. The Bertz CT molecular complexity index is 1910. The van der Waals surface area contributed by atoms with E-state index < -0.39 is 23.4 Å². The van der Waals surface area contributed by atoms with Gasteiger partial charge in [-0.05, 0) is 87.2 Å². The zero-order chi connectivity index (χ0) is 34.5. The molecule has 0 aliphatic heterocycles. The van der Waals surface area contributed by atoms with Gasteiger partial charge in [0.25, 0.3) is 5.56 Å². The van der Waals surface area contributed by atoms with Gasteiger partial charge in [0.2, 0.25) is 5.95 Å². The lowest BCUT2D eigenvalue weighted by Crippen LogP contribution is -2.34. The summed E-state index contributed by atoms with van der Waals surface area (Å²) < 4.78 is 57.4. The van der Waals surface area contributed by atoms with Crippen molar-refractivity contribution >= 4 is 28.7 Å². The van der Waals surface area contributed by atoms with Crippen molar-refractivity contribution in [3.05, 3.63) is 98.8 Å². The Morgan fingerprint density at radius 3 is 2.38 bits per heavy atom. The number of alkyl carbamates (subject to hydrolysis) is 1. The summed E-state index contributed by atoms with van der Waals surface area (Å²) in [6.07, 6.45) is -4.21. The van der Waals surface area contributed by atoms with E-state index in [1.807, 2.05) is 24.3 Å². The van der Waals surface area contributed by atoms with E-state index in [0.29, 0.717) is 77.8 Å². The predicted molar refractivity (Wildman–Crippen MR) is 176 cm³/mol. The number of hydrogen-bond acceptors (Lipinski definition) is 6. The highest BCUT2D eigenvalue weighted by Gasteiger charge is 2.30. The number of benzene rings is 3. The number of aromatic amines is 2. The van der Waals surface area contributed by atoms with Gasteiger partial charge in [0.1, 0.15) is 18.0 Å². The van der Waals surface area contributed by atoms with E-state index in [1.165, 1.54) is 16.8 Å². The van der Waals surface area contributed by atoms with Gasteiger partial charge in [-0.1, -0.05) is 35.9 Å². The highest BCUT2D eigenvalue weighted by molar-refractivity contribution is 6.31. The average molecular weight is 686 g/mol. The molecule has 5 rings (SSSR count). The molecule has 48 heavy (non-hydrogen) atoms. The van der Waals surface area contributed by atoms with E-state index in [-0.39, 0.29) is 11.5 Å². The number of H-pyrrole nitrogens is 2. The van der Waals surface area contributed by atoms with Crippen LogP contribution in [-0.4, -0.2) is 57.8 Å². The molecule has 2 aromatic heterocycles. The summed E-state index contributed by atoms with van der Waals surface area (Å²) in [7, 11) is 0. The molecule has 0 saturated carbocycles. The fraction of sp³-hybridized carbons (Fsp3) is 0.324. The first-order valence-corrected chi connectivity index (χ1v) is 15.6. The first-order valence-electron chi connectivity index (χ1n) is 15.2. The summed E-state index contributed by atoms with van der Waals surface area (Å²) in [4.78, 5) is 32.9. The predicted octanol–water partition coefficient (Wildman–Crippen LogP) is 7.09. The van der Waals surface area contributed by atoms with Gasteiger partial charge in [0.15, 0.2) is 0 Å². The monoisotopic (exact) mass is 685 g/mol. The quantitative estimate of drug-likeness (QED) is 0.121. The van der Waals surface area contributed by atoms with Crippen LogP contribution in [0.1, 0.15) is 37.5 Å². The number of hydrogen-bond donors (Lipinski definition) is 3. The minimum absolute atomic E-state index is 0.224. The minimum Gasteiger partial charge on any atom is -0.491 e. The van der Waals surface area contributed by atoms with E-state index in [1.54, 1.807) is 39.0 Å². The number of nitrogens with zero attached hydrogens (tertiary/aromatic N) is 2. The molecule has 0 saturated heterocycles. The lowest BCUT2D eigenvalue weighted by molar-refractivity contribution is -0.137. The van der Waals surface area contributed by atoms with Crippen LogP contribution in [0.3, 0.4) is 0 Å². The summed E-state index contributed by atoms with van der Waals surface area (Å²) in [6.45, 7) is 6.61. The first kappa shape index (κ1) is 34.6. The Morgan fingerprint density at radius 2 is 1.69 bits per heavy atom. The molecule has 2 heterocycles. The third-order valence-electron chi connectivity index (χ3n) is 7.13. The number of halogens is 4. The molecule has 0 radical (unpaired) electrons. The number of rotatable bonds is 12. The van der Waals surface area contributed by atoms with Crippen molar-refractivity contribution in [3.8, 4) is 23.0 Å². The van der Waals surface area contributed by atoms with Crippen LogP contribution in [0.25, 0.3) is 28.2 Å². The van der Waals surface area contributed by atoms with Gasteiger partial charge in [-0.25, -0.2) is 9.78 Å². The third kappa shape index (κ3) is 8.98. The van der Waals surface area contributed by atoms with Gasteiger partial charge in [-0.15, -0.1) is 0 Å². The van der Waals surface area contributed by atoms with Crippen molar-refractivity contribution in [2.75, 3.05) is 26.4 Å². The van der Waals surface area contributed by atoms with Crippen LogP contribution in [0, 0.1) is 0 Å². The molecular formula is C34H35ClF3N5O5. The maximum Gasteiger partial charge on any atom is 0.416 e. The van der Waals surface area contributed by atoms with Gasteiger partial charge < -0.3 is 24.5 Å². The minimum atomic E-state index is -4.49. The maximum atomic E-state index is 13.7. The van der Waals surface area contributed by atoms with Gasteiger partial charge in [0.05, 0.1) is 35.5 Å². The van der Waals surface area contributed by atoms with Crippen LogP contribution in [0.2, 0.25) is 5.02 Å². The number of imidazole rings is 1. The second-order valence-electron chi connectivity index (χ2n) is 11.9. The molecule has 0 atom stereocenters. The van der Waals surface area contributed by atoms with E-state index in [2.05, 4.69) is 20.4 Å². The number of aromatic nitrogens is 4. The van der Waals surface area contributed by atoms with Crippen molar-refractivity contribution < 1.29 is 32.2 Å². The van der Waals surface area contributed by atoms with Crippen molar-refractivity contribution in [1.29, 1.82) is 0 Å². The standard InChI is InChI=1S/C34H35ClF3N5O5/c1-33(2,3)48-32(45)39-16-17-46-18-19-47-25-12-4-21(5-13-25)6-14-26-29(22-7-9-23(10-8-22)34(36,37)38)42-43(30(26)44)31-40-27-15-11-24(35)20-28(27)41-31/h4-5,7-13,15,20,42H,6,14,16-19H2,1-3H3,(H,39,45)(H,40,41). The number of carbonyl (C=O) groups is 1. The maximum absolute atomic E-state index is 13.7. The van der Waals surface area contributed by atoms with E-state index in [0.717, 1.165) is 17.7 Å². The number of fused-ring (bicyclic) bond motifs is 1. The molecule has 1 amide bonds. The van der Waals surface area contributed by atoms with Crippen molar-refractivity contribution in [2.45, 2.75) is 45.4 Å². The molecule has 0 aliphatic carbocycles. The second kappa shape index (κ2) is 14.6. The van der Waals surface area contributed by atoms with E-state index in [9.17, 15) is 22.8 Å². The topological polar surface area (TPSA) is 123 Å². The van der Waals surface area contributed by atoms with Crippen molar-refractivity contribution in [2.24, 2.45) is 0 Å². The molecule has 3 aromatic carbocycles. The summed E-state index contributed by atoms with van der Waals surface area (Å²) in [5.41, 5.74) is 1.64. The Hall–Kier alpha value is -4.75. The van der Waals surface area contributed by atoms with Crippen molar-refractivity contribution in [1.82, 2.24) is 25.1 Å². The van der Waals surface area contributed by atoms with Gasteiger partial charge >= 0.3 is 12.3 Å². The number of ether oxygens (including phenoxy) is 3. The molecule has 5 aromatic rings. The summed E-state index contributed by atoms with van der Waals surface area (Å²) in [6, 6.07) is 17.1. The average Bonchev–Trinajstić information content (AvgIpc) is 3.58. The summed E-state index contributed by atoms with van der Waals surface area (Å²) >= 11 is 6.11. The Kier molecular flexibility index (Phi) is 10.5. The Balaban J connectivity index is 1.23. The van der Waals surface area contributed by atoms with Crippen LogP contribution in [0.4, 0.5) is 18.0 Å². The number of alkyl halides is 3. The number of amides is 1. The zero-order valence-corrected chi connectivity index (χ0v) is 27.3. The van der Waals surface area contributed by atoms with Gasteiger partial charge in [-0.3, -0.25) is 9.89 Å². The lowest BCUT2D eigenvalue weighted by Gasteiger charge is -2.19. The fourth-order valence-corrected chi connectivity index (χ4v) is 5.05. The van der Waals surface area contributed by atoms with Crippen LogP contribution in [0.5, 0.6) is 5.75 Å².